The second kappa shape index (κ2) is 52.2. The molecular weight excluding hydrogens is 1750 g/mol. The van der Waals surface area contributed by atoms with Crippen molar-refractivity contribution < 1.29 is 86.6 Å². The number of guanidine groups is 1. The number of hydrogen-bond acceptors (Lipinski definition) is 22. The number of benzene rings is 3. The molecule has 3 aromatic carbocycles. The highest BCUT2D eigenvalue weighted by Gasteiger charge is 2.44. The number of aliphatic hydroxyl groups is 1. The maximum atomic E-state index is 15.7. The van der Waals surface area contributed by atoms with Gasteiger partial charge in [-0.15, -0.1) is 11.8 Å². The molecule has 0 aliphatic carbocycles. The average Bonchev–Trinajstić information content (AvgIpc) is 1.54. The summed E-state index contributed by atoms with van der Waals surface area (Å²) in [5, 5.41) is 49.7. The van der Waals surface area contributed by atoms with Gasteiger partial charge in [0.25, 0.3) is 0 Å². The number of hydrogen-bond donors (Lipinski definition) is 20. The highest BCUT2D eigenvalue weighted by atomic mass is 32.2. The Labute approximate surface area is 781 Å². The van der Waals surface area contributed by atoms with E-state index in [1.54, 1.807) is 105 Å². The summed E-state index contributed by atoms with van der Waals surface area (Å²) in [4.78, 5) is 268. The number of para-hydroxylation sites is 2. The van der Waals surface area contributed by atoms with Gasteiger partial charge in [0, 0.05) is 118 Å². The second-order valence-corrected chi connectivity index (χ2v) is 35.4. The van der Waals surface area contributed by atoms with Gasteiger partial charge < -0.3 is 121 Å². The Kier molecular flexibility index (Phi) is 41.3. The van der Waals surface area contributed by atoms with Gasteiger partial charge in [0.05, 0.1) is 37.7 Å². The van der Waals surface area contributed by atoms with Crippen molar-refractivity contribution in [2.45, 2.75) is 229 Å². The highest BCUT2D eigenvalue weighted by molar-refractivity contribution is 8.00. The van der Waals surface area contributed by atoms with E-state index in [9.17, 15) is 57.8 Å². The number of Topliss-reactive ketones (excluding diaryl/α,β-unsaturated/α-hetero) is 1. The minimum absolute atomic E-state index is 0.000215. The molecule has 0 bridgehead atoms. The van der Waals surface area contributed by atoms with Gasteiger partial charge in [-0.2, -0.15) is 0 Å². The molecule has 134 heavy (non-hydrogen) atoms. The van der Waals surface area contributed by atoms with E-state index in [1.807, 2.05) is 13.8 Å². The molecule has 8 rings (SSSR count). The average molecular weight is 1880 g/mol. The van der Waals surface area contributed by atoms with Crippen LogP contribution in [0.5, 0.6) is 0 Å². The number of ketones is 1. The zero-order valence-electron chi connectivity index (χ0n) is 77.0. The first-order valence-electron chi connectivity index (χ1n) is 45.2. The largest absolute Gasteiger partial charge is 0.394 e. The van der Waals surface area contributed by atoms with E-state index in [0.29, 0.717) is 69.9 Å². The summed E-state index contributed by atoms with van der Waals surface area (Å²) >= 11 is 0.795. The van der Waals surface area contributed by atoms with Gasteiger partial charge in [-0.1, -0.05) is 120 Å². The molecule has 24 N–H and O–H groups in total. The first kappa shape index (κ1) is 106. The third-order valence-corrected chi connectivity index (χ3v) is 24.8. The number of nitrogens with zero attached hydrogens (tertiary/aromatic N) is 5. The Bertz CT molecular complexity index is 5090. The number of nitrogens with two attached hydrogens (primary N) is 4. The minimum Gasteiger partial charge on any atom is -0.394 e. The third-order valence-electron chi connectivity index (χ3n) is 23.8. The van der Waals surface area contributed by atoms with Crippen LogP contribution in [0.1, 0.15) is 147 Å². The number of amides is 16. The molecule has 6 aromatic rings. The standard InChI is InChI=1S/C91H130N24O18S/c1-9-11-29-71-85(128)105-63(28-20-34-98-91(95)96)81(124)111-70(80(123)101-46-76(94)119)48-134-49-77(120)103-66(37-53-22-14-13-15-23-53)87(130)112(6)52(5)78(121)108-68(42-75(93)118)89(132)115-35-21-31-72(115)86(129)107-65(41-57-45-97-50-102-57)83(126)106-64(36-51(3)4)82(125)104-62(32-33-92)74(117)40-54(38-55-43-99-60-26-18-16-24-58(55)60)79(122)110-69(47-116)84(127)109-67(39-56-44-100-61-27-19-17-25-59(56)61)88(131)114(8)73(30-12-10-2)90(133)113(71)7/h13-19,22-27,43-45,50-52,54,62-73,99-100,116H,9-12,20-21,28-42,46-49,92H2,1-8H3,(H2,93,118)(H2,94,119)(H,97,102)(H,101,123)(H,103,120)(H,104,125)(H,105,128)(H,106,126)(H,107,129)(H,108,121)(H,109,127)(H,110,122)(H,111,124)(H4,95,96,98)/t52-,54+,62-,63-,64-,65-,66-,67-,68-,69-,70-,71-,72-,73-/m0/s1. The van der Waals surface area contributed by atoms with Gasteiger partial charge in [-0.05, 0) is 106 Å². The van der Waals surface area contributed by atoms with E-state index < -0.39 is 228 Å². The lowest BCUT2D eigenvalue weighted by atomic mass is 9.90. The molecular formula is C91H130N24O18S. The number of fused-ring (bicyclic) bond motifs is 3. The zero-order chi connectivity index (χ0) is 98.0. The number of nitrogens with one attached hydrogen (secondary N) is 15. The Morgan fingerprint density at radius 2 is 1.11 bits per heavy atom. The van der Waals surface area contributed by atoms with E-state index in [1.165, 1.54) is 40.6 Å². The molecule has 43 heteroatoms. The molecule has 0 saturated carbocycles. The van der Waals surface area contributed by atoms with Crippen LogP contribution >= 0.6 is 11.8 Å². The van der Waals surface area contributed by atoms with Crippen molar-refractivity contribution >= 4 is 140 Å². The van der Waals surface area contributed by atoms with Gasteiger partial charge in [-0.3, -0.25) is 86.9 Å². The molecule has 2 saturated heterocycles. The molecule has 728 valence electrons. The van der Waals surface area contributed by atoms with Crippen LogP contribution in [0.3, 0.4) is 0 Å². The fourth-order valence-electron chi connectivity index (χ4n) is 16.3. The molecule has 0 unspecified atom stereocenters. The highest BCUT2D eigenvalue weighted by Crippen LogP contribution is 2.28. The molecule has 14 atom stereocenters. The summed E-state index contributed by atoms with van der Waals surface area (Å²) in [5.74, 6) is -18.3. The van der Waals surface area contributed by atoms with Crippen molar-refractivity contribution in [3.05, 3.63) is 126 Å². The van der Waals surface area contributed by atoms with Crippen LogP contribution in [0.2, 0.25) is 0 Å². The molecule has 0 spiro atoms. The predicted molar refractivity (Wildman–Crippen MR) is 499 cm³/mol. The van der Waals surface area contributed by atoms with Gasteiger partial charge in [-0.25, -0.2) is 4.98 Å². The van der Waals surface area contributed by atoms with Gasteiger partial charge in [0.1, 0.15) is 72.5 Å². The lowest BCUT2D eigenvalue weighted by molar-refractivity contribution is -0.149. The summed E-state index contributed by atoms with van der Waals surface area (Å²) in [6.45, 7) is 6.47. The number of likely N-dealkylation sites (N-methyl/N-ethyl adjacent to an activating group) is 3. The number of carbonyl (C=O) groups excluding carboxylic acids is 17. The molecule has 2 aliphatic heterocycles. The van der Waals surface area contributed by atoms with Crippen LogP contribution < -0.4 is 81.4 Å². The monoisotopic (exact) mass is 1880 g/mol. The van der Waals surface area contributed by atoms with E-state index in [4.69, 9.17) is 28.3 Å². The van der Waals surface area contributed by atoms with E-state index >= 15 is 28.8 Å². The number of unbranched alkanes of at least 4 members (excludes halogenated alkanes) is 2. The summed E-state index contributed by atoms with van der Waals surface area (Å²) in [7, 11) is 3.97. The third kappa shape index (κ3) is 30.9. The molecule has 16 amide bonds. The van der Waals surface area contributed by atoms with Crippen LogP contribution in [0.25, 0.3) is 21.8 Å². The molecule has 5 heterocycles. The molecule has 3 aromatic heterocycles. The van der Waals surface area contributed by atoms with Gasteiger partial charge >= 0.3 is 0 Å². The minimum atomic E-state index is -1.84. The number of aromatic nitrogens is 4. The topological polar surface area (TPSA) is 644 Å². The van der Waals surface area contributed by atoms with Gasteiger partial charge in [0.2, 0.25) is 94.5 Å². The van der Waals surface area contributed by atoms with E-state index in [2.05, 4.69) is 78.4 Å². The summed E-state index contributed by atoms with van der Waals surface area (Å²) in [6.07, 6.45) is 5.22. The molecule has 42 nitrogen and oxygen atoms in total. The maximum Gasteiger partial charge on any atom is 0.246 e. The number of primary amides is 2. The molecule has 2 aliphatic rings. The Balaban J connectivity index is 1.20. The number of aliphatic hydroxyl groups excluding tert-OH is 1. The Morgan fingerprint density at radius 1 is 0.552 bits per heavy atom. The predicted octanol–water partition coefficient (Wildman–Crippen LogP) is -1.67. The summed E-state index contributed by atoms with van der Waals surface area (Å²) < 4.78 is 0. The smallest absolute Gasteiger partial charge is 0.246 e. The number of H-pyrrole nitrogens is 3. The van der Waals surface area contributed by atoms with Crippen LogP contribution in [0.15, 0.2) is 104 Å². The SMILES string of the molecule is CCCC[C@H]1C(=O)N(C)[C@@H](CCCC)C(=O)N[C@@H](CCCNC(=N)N)C(=O)N[C@H](C(=O)NCC(N)=O)CSCC(=O)N[C@@H](Cc2ccccc2)C(=O)N(C)[C@@H](C)C(=O)N[C@@H](CC(N)=O)C(=O)N2CCC[C@H]2C(=O)N[C@@H](Cc2cnc[nH]2)C(=O)N[C@@H](CC(C)C)C(=O)N[C@@H](CCN)C(=O)C[C@@H](Cc2c[nH]c3ccccc23)C(=O)N[C@@H](CO)C(=O)N[C@@H](Cc2c[nH]c3ccccc23)C(=O)N1C. The number of imidazole rings is 1. The molecule has 2 fully saturated rings. The lowest BCUT2D eigenvalue weighted by Crippen LogP contribution is -2.61. The number of thioether (sulfide) groups is 1. The van der Waals surface area contributed by atoms with Crippen LogP contribution in [-0.2, 0) is 107 Å². The van der Waals surface area contributed by atoms with Crippen LogP contribution in [0.4, 0.5) is 0 Å². The normalized spacial score (nSPS) is 23.9. The zero-order valence-corrected chi connectivity index (χ0v) is 77.8. The van der Waals surface area contributed by atoms with Crippen LogP contribution in [0, 0.1) is 17.2 Å². The Morgan fingerprint density at radius 3 is 1.72 bits per heavy atom. The van der Waals surface area contributed by atoms with Crippen molar-refractivity contribution in [1.29, 1.82) is 5.41 Å². The maximum absolute atomic E-state index is 15.7. The van der Waals surface area contributed by atoms with E-state index in [0.717, 1.165) is 31.4 Å². The Hall–Kier alpha value is -13.3. The quantitative estimate of drug-likeness (QED) is 0.0148. The second-order valence-electron chi connectivity index (χ2n) is 34.3. The number of carbonyl (C=O) groups is 17. The van der Waals surface area contributed by atoms with Gasteiger partial charge in [0.15, 0.2) is 11.7 Å². The first-order chi connectivity index (χ1) is 63.9. The van der Waals surface area contributed by atoms with Crippen LogP contribution in [-0.4, -0.2) is 295 Å². The number of rotatable bonds is 28. The van der Waals surface area contributed by atoms with Crippen molar-refractivity contribution in [2.75, 3.05) is 65.4 Å². The first-order valence-corrected chi connectivity index (χ1v) is 46.4. The lowest BCUT2D eigenvalue weighted by Gasteiger charge is -2.36. The van der Waals surface area contributed by atoms with Crippen molar-refractivity contribution in [3.63, 3.8) is 0 Å². The van der Waals surface area contributed by atoms with Crippen molar-refractivity contribution in [1.82, 2.24) is 98.0 Å². The van der Waals surface area contributed by atoms with Crippen molar-refractivity contribution in [3.8, 4) is 0 Å². The number of aromatic amines is 3. The summed E-state index contributed by atoms with van der Waals surface area (Å²) in [6, 6.07) is 3.02. The fraction of sp³-hybridized carbons (Fsp3) is 0.527. The summed E-state index contributed by atoms with van der Waals surface area (Å²) in [5.41, 5.74) is 26.3. The molecule has 0 radical (unpaired) electrons. The van der Waals surface area contributed by atoms with Crippen molar-refractivity contribution in [2.24, 2.45) is 34.8 Å². The fourth-order valence-corrected chi connectivity index (χ4v) is 17.1. The van der Waals surface area contributed by atoms with E-state index in [-0.39, 0.29) is 103 Å².